The van der Waals surface area contributed by atoms with Gasteiger partial charge < -0.3 is 10.3 Å². The second-order valence-electron chi connectivity index (χ2n) is 4.62. The smallest absolute Gasteiger partial charge is 0.269 e. The number of aromatic nitrogens is 2. The van der Waals surface area contributed by atoms with Crippen molar-refractivity contribution in [2.24, 2.45) is 0 Å². The van der Waals surface area contributed by atoms with Gasteiger partial charge in [0.15, 0.2) is 5.16 Å². The van der Waals surface area contributed by atoms with Crippen molar-refractivity contribution in [2.45, 2.75) is 18.5 Å². The summed E-state index contributed by atoms with van der Waals surface area (Å²) in [6.07, 6.45) is 0.431. The van der Waals surface area contributed by atoms with E-state index in [0.717, 1.165) is 17.8 Å². The molecule has 1 aromatic heterocycles. The van der Waals surface area contributed by atoms with Gasteiger partial charge in [-0.2, -0.15) is 5.26 Å². The zero-order valence-corrected chi connectivity index (χ0v) is 14.1. The van der Waals surface area contributed by atoms with E-state index in [1.165, 1.54) is 12.1 Å². The van der Waals surface area contributed by atoms with Gasteiger partial charge in [-0.1, -0.05) is 30.3 Å². The summed E-state index contributed by atoms with van der Waals surface area (Å²) in [6, 6.07) is 5.65. The molecule has 9 heteroatoms. The highest BCUT2D eigenvalue weighted by Gasteiger charge is 2.12. The zero-order valence-electron chi connectivity index (χ0n) is 12.5. The number of carbonyl (C=O) groups is 1. The number of aryl methyl sites for hydroxylation is 1. The lowest BCUT2D eigenvalue weighted by Gasteiger charge is -2.06. The predicted molar refractivity (Wildman–Crippen MR) is 89.7 cm³/mol. The van der Waals surface area contributed by atoms with E-state index in [2.05, 4.69) is 15.3 Å². The summed E-state index contributed by atoms with van der Waals surface area (Å²) in [6.45, 7) is 1.78. The van der Waals surface area contributed by atoms with Gasteiger partial charge in [0, 0.05) is 5.69 Å². The molecule has 2 aromatic rings. The van der Waals surface area contributed by atoms with Crippen molar-refractivity contribution in [1.82, 2.24) is 9.97 Å². The van der Waals surface area contributed by atoms with Crippen molar-refractivity contribution in [3.63, 3.8) is 0 Å². The number of hydrogen-bond donors (Lipinski definition) is 2. The summed E-state index contributed by atoms with van der Waals surface area (Å²) in [5, 5.41) is 11.7. The van der Waals surface area contributed by atoms with Gasteiger partial charge in [0.2, 0.25) is 5.91 Å². The Balaban J connectivity index is 2.04. The Labute approximate surface area is 146 Å². The fourth-order valence-electron chi connectivity index (χ4n) is 1.84. The van der Waals surface area contributed by atoms with Gasteiger partial charge in [-0.3, -0.25) is 9.59 Å². The number of thioether (sulfide) groups is 1. The highest BCUT2D eigenvalue weighted by Crippen LogP contribution is 2.20. The molecule has 0 atom stereocenters. The van der Waals surface area contributed by atoms with Gasteiger partial charge in [0.1, 0.15) is 17.4 Å². The molecular weight excluding hydrogens is 355 g/mol. The van der Waals surface area contributed by atoms with Gasteiger partial charge >= 0.3 is 0 Å². The third kappa shape index (κ3) is 4.34. The Morgan fingerprint density at radius 3 is 2.92 bits per heavy atom. The number of H-pyrrole nitrogens is 1. The Bertz CT molecular complexity index is 879. The first-order valence-electron chi connectivity index (χ1n) is 6.85. The minimum atomic E-state index is -0.574. The van der Waals surface area contributed by atoms with Gasteiger partial charge in [-0.05, 0) is 24.6 Å². The van der Waals surface area contributed by atoms with Gasteiger partial charge in [0.25, 0.3) is 5.56 Å². The Morgan fingerprint density at radius 1 is 1.54 bits per heavy atom. The molecule has 0 unspecified atom stereocenters. The maximum atomic E-state index is 13.1. The molecule has 2 rings (SSSR count). The molecule has 2 N–H and O–H groups in total. The summed E-state index contributed by atoms with van der Waals surface area (Å²) in [5.74, 6) is -0.962. The summed E-state index contributed by atoms with van der Waals surface area (Å²) in [4.78, 5) is 30.3. The standard InChI is InChI=1S/C15H12ClFN4O2S/c1-2-12-9(6-18)14(23)21-15(20-12)24-7-13(22)19-8-3-4-11(17)10(16)5-8/h3-5H,2,7H2,1H3,(H,19,22)(H,20,21,23). The van der Waals surface area contributed by atoms with E-state index in [4.69, 9.17) is 16.9 Å². The number of amides is 1. The fraction of sp³-hybridized carbons (Fsp3) is 0.200. The zero-order chi connectivity index (χ0) is 17.7. The van der Waals surface area contributed by atoms with Crippen LogP contribution in [0.2, 0.25) is 5.02 Å². The number of nitrogens with zero attached hydrogens (tertiary/aromatic N) is 2. The van der Waals surface area contributed by atoms with E-state index in [0.29, 0.717) is 17.8 Å². The van der Waals surface area contributed by atoms with Crippen LogP contribution in [0.5, 0.6) is 0 Å². The third-order valence-corrected chi connectivity index (χ3v) is 4.13. The normalized spacial score (nSPS) is 10.2. The SMILES string of the molecule is CCc1nc(SCC(=O)Nc2ccc(F)c(Cl)c2)[nH]c(=O)c1C#N. The van der Waals surface area contributed by atoms with Crippen molar-refractivity contribution in [2.75, 3.05) is 11.1 Å². The first kappa shape index (κ1) is 18.0. The van der Waals surface area contributed by atoms with Crippen LogP contribution in [-0.4, -0.2) is 21.6 Å². The van der Waals surface area contributed by atoms with E-state index in [9.17, 15) is 14.0 Å². The van der Waals surface area contributed by atoms with Gasteiger partial charge in [-0.15, -0.1) is 0 Å². The predicted octanol–water partition coefficient (Wildman–Crippen LogP) is 2.73. The van der Waals surface area contributed by atoms with E-state index in [1.54, 1.807) is 6.92 Å². The van der Waals surface area contributed by atoms with Crippen LogP contribution in [0.4, 0.5) is 10.1 Å². The number of benzene rings is 1. The van der Waals surface area contributed by atoms with Crippen molar-refractivity contribution in [1.29, 1.82) is 5.26 Å². The molecule has 0 fully saturated rings. The number of carbonyl (C=O) groups excluding carboxylic acids is 1. The van der Waals surface area contributed by atoms with Crippen LogP contribution in [0, 0.1) is 17.1 Å². The number of anilines is 1. The van der Waals surface area contributed by atoms with Crippen LogP contribution < -0.4 is 10.9 Å². The van der Waals surface area contributed by atoms with Gasteiger partial charge in [0.05, 0.1) is 16.5 Å². The third-order valence-electron chi connectivity index (χ3n) is 2.96. The highest BCUT2D eigenvalue weighted by molar-refractivity contribution is 7.99. The van der Waals surface area contributed by atoms with Crippen LogP contribution in [0.1, 0.15) is 18.2 Å². The average molecular weight is 367 g/mol. The fourth-order valence-corrected chi connectivity index (χ4v) is 2.70. The van der Waals surface area contributed by atoms with Crippen molar-refractivity contribution >= 4 is 35.0 Å². The molecule has 0 bridgehead atoms. The molecule has 1 aromatic carbocycles. The number of rotatable bonds is 5. The van der Waals surface area contributed by atoms with Crippen LogP contribution in [0.15, 0.2) is 28.2 Å². The largest absolute Gasteiger partial charge is 0.325 e. The molecule has 0 aliphatic heterocycles. The maximum absolute atomic E-state index is 13.1. The molecule has 0 aliphatic carbocycles. The lowest BCUT2D eigenvalue weighted by atomic mass is 10.2. The molecule has 24 heavy (non-hydrogen) atoms. The quantitative estimate of drug-likeness (QED) is 0.626. The van der Waals surface area contributed by atoms with E-state index >= 15 is 0 Å². The minimum Gasteiger partial charge on any atom is -0.325 e. The number of nitrogens with one attached hydrogen (secondary N) is 2. The molecule has 0 aliphatic rings. The summed E-state index contributed by atoms with van der Waals surface area (Å²) in [5.41, 5.74) is 0.196. The Kier molecular flexibility index (Phi) is 5.95. The number of halogens is 2. The number of nitriles is 1. The molecule has 1 heterocycles. The van der Waals surface area contributed by atoms with Crippen molar-refractivity contribution in [3.8, 4) is 6.07 Å². The molecule has 0 saturated carbocycles. The van der Waals surface area contributed by atoms with Crippen LogP contribution in [0.3, 0.4) is 0 Å². The minimum absolute atomic E-state index is 0.0208. The first-order valence-corrected chi connectivity index (χ1v) is 8.22. The van der Waals surface area contributed by atoms with Crippen LogP contribution in [-0.2, 0) is 11.2 Å². The molecule has 1 amide bonds. The van der Waals surface area contributed by atoms with E-state index in [-0.39, 0.29) is 27.4 Å². The summed E-state index contributed by atoms with van der Waals surface area (Å²) < 4.78 is 13.1. The lowest BCUT2D eigenvalue weighted by Crippen LogP contribution is -2.18. The van der Waals surface area contributed by atoms with E-state index < -0.39 is 11.4 Å². The second kappa shape index (κ2) is 7.95. The monoisotopic (exact) mass is 366 g/mol. The number of aromatic amines is 1. The Hall–Kier alpha value is -2.37. The first-order chi connectivity index (χ1) is 11.4. The topological polar surface area (TPSA) is 98.6 Å². The molecule has 0 radical (unpaired) electrons. The maximum Gasteiger partial charge on any atom is 0.269 e. The number of hydrogen-bond acceptors (Lipinski definition) is 5. The summed E-state index contributed by atoms with van der Waals surface area (Å²) in [7, 11) is 0. The van der Waals surface area contributed by atoms with Gasteiger partial charge in [-0.25, -0.2) is 9.37 Å². The van der Waals surface area contributed by atoms with Crippen LogP contribution in [0.25, 0.3) is 0 Å². The average Bonchev–Trinajstić information content (AvgIpc) is 2.55. The summed E-state index contributed by atoms with van der Waals surface area (Å²) >= 11 is 6.66. The van der Waals surface area contributed by atoms with Crippen molar-refractivity contribution < 1.29 is 9.18 Å². The molecule has 124 valence electrons. The lowest BCUT2D eigenvalue weighted by molar-refractivity contribution is -0.113. The van der Waals surface area contributed by atoms with Crippen molar-refractivity contribution in [3.05, 3.63) is 50.7 Å². The molecule has 0 spiro atoms. The molecule has 0 saturated heterocycles. The molecular formula is C15H12ClFN4O2S. The van der Waals surface area contributed by atoms with Crippen LogP contribution >= 0.6 is 23.4 Å². The second-order valence-corrected chi connectivity index (χ2v) is 6.00. The Morgan fingerprint density at radius 2 is 2.29 bits per heavy atom. The molecule has 6 nitrogen and oxygen atoms in total. The van der Waals surface area contributed by atoms with E-state index in [1.807, 2.05) is 6.07 Å². The highest BCUT2D eigenvalue weighted by atomic mass is 35.5.